The molecule has 0 aromatic heterocycles. The molecule has 0 amide bonds. The number of methoxy groups -OCH3 is 1. The minimum atomic E-state index is 0.867. The second-order valence-electron chi connectivity index (χ2n) is 4.17. The zero-order chi connectivity index (χ0) is 12.1. The quantitative estimate of drug-likeness (QED) is 0.852. The molecule has 0 radical (unpaired) electrons. The molecule has 0 aliphatic carbocycles. The molecule has 0 N–H and O–H groups in total. The van der Waals surface area contributed by atoms with Gasteiger partial charge in [-0.05, 0) is 40.0 Å². The molecule has 1 fully saturated rings. The van der Waals surface area contributed by atoms with Gasteiger partial charge in [-0.1, -0.05) is 6.07 Å². The minimum absolute atomic E-state index is 0.867. The van der Waals surface area contributed by atoms with Gasteiger partial charge in [0.05, 0.1) is 24.8 Å². The third-order valence-corrected chi connectivity index (χ3v) is 3.66. The molecule has 2 rings (SSSR count). The van der Waals surface area contributed by atoms with Crippen LogP contribution < -0.4 is 4.74 Å². The Balaban J connectivity index is 1.87. The first-order valence-electron chi connectivity index (χ1n) is 5.92. The van der Waals surface area contributed by atoms with Gasteiger partial charge >= 0.3 is 0 Å². The summed E-state index contributed by atoms with van der Waals surface area (Å²) in [5.74, 6) is 0.889. The molecule has 1 aliphatic rings. The lowest BCUT2D eigenvalue weighted by Crippen LogP contribution is -2.37. The predicted molar refractivity (Wildman–Crippen MR) is 71.7 cm³/mol. The molecule has 3 nitrogen and oxygen atoms in total. The fraction of sp³-hybridized carbons (Fsp3) is 0.538. The molecular formula is C13H18BrNO2. The molecule has 0 unspecified atom stereocenters. The molecule has 1 aromatic carbocycles. The standard InChI is InChI=1S/C13H18BrNO2/c1-16-13-3-2-11(10-12(13)14)4-5-15-6-8-17-9-7-15/h2-3,10H,4-9H2,1H3. The van der Waals surface area contributed by atoms with E-state index in [4.69, 9.17) is 9.47 Å². The van der Waals surface area contributed by atoms with Crippen molar-refractivity contribution in [2.45, 2.75) is 6.42 Å². The van der Waals surface area contributed by atoms with Gasteiger partial charge < -0.3 is 9.47 Å². The van der Waals surface area contributed by atoms with Crippen LogP contribution in [0.2, 0.25) is 0 Å². The van der Waals surface area contributed by atoms with E-state index in [1.807, 2.05) is 6.07 Å². The minimum Gasteiger partial charge on any atom is -0.496 e. The smallest absolute Gasteiger partial charge is 0.133 e. The number of hydrogen-bond acceptors (Lipinski definition) is 3. The zero-order valence-corrected chi connectivity index (χ0v) is 11.7. The topological polar surface area (TPSA) is 21.7 Å². The molecule has 4 heteroatoms. The molecule has 0 spiro atoms. The maximum Gasteiger partial charge on any atom is 0.133 e. The van der Waals surface area contributed by atoms with Crippen molar-refractivity contribution < 1.29 is 9.47 Å². The Kier molecular flexibility index (Phi) is 4.83. The number of halogens is 1. The van der Waals surface area contributed by atoms with Crippen molar-refractivity contribution in [3.8, 4) is 5.75 Å². The maximum atomic E-state index is 5.34. The first-order valence-corrected chi connectivity index (χ1v) is 6.71. The molecule has 0 bridgehead atoms. The van der Waals surface area contributed by atoms with Gasteiger partial charge in [-0.3, -0.25) is 4.90 Å². The summed E-state index contributed by atoms with van der Waals surface area (Å²) in [7, 11) is 1.69. The zero-order valence-electron chi connectivity index (χ0n) is 10.1. The summed E-state index contributed by atoms with van der Waals surface area (Å²) in [5, 5.41) is 0. The third-order valence-electron chi connectivity index (χ3n) is 3.04. The van der Waals surface area contributed by atoms with Crippen molar-refractivity contribution in [3.63, 3.8) is 0 Å². The van der Waals surface area contributed by atoms with Gasteiger partial charge in [0.25, 0.3) is 0 Å². The monoisotopic (exact) mass is 299 g/mol. The van der Waals surface area contributed by atoms with Crippen LogP contribution >= 0.6 is 15.9 Å². The number of rotatable bonds is 4. The van der Waals surface area contributed by atoms with Crippen molar-refractivity contribution in [2.24, 2.45) is 0 Å². The van der Waals surface area contributed by atoms with E-state index >= 15 is 0 Å². The second-order valence-corrected chi connectivity index (χ2v) is 5.03. The van der Waals surface area contributed by atoms with Crippen LogP contribution in [0.4, 0.5) is 0 Å². The predicted octanol–water partition coefficient (Wildman–Crippen LogP) is 2.33. The highest BCUT2D eigenvalue weighted by Crippen LogP contribution is 2.25. The Bertz CT molecular complexity index is 364. The summed E-state index contributed by atoms with van der Waals surface area (Å²) in [6.45, 7) is 4.94. The normalized spacial score (nSPS) is 17.1. The lowest BCUT2D eigenvalue weighted by molar-refractivity contribution is 0.0384. The fourth-order valence-corrected chi connectivity index (χ4v) is 2.57. The van der Waals surface area contributed by atoms with Crippen LogP contribution in [0.3, 0.4) is 0 Å². The molecule has 94 valence electrons. The van der Waals surface area contributed by atoms with E-state index < -0.39 is 0 Å². The highest BCUT2D eigenvalue weighted by Gasteiger charge is 2.10. The summed E-state index contributed by atoms with van der Waals surface area (Å²) in [5.41, 5.74) is 1.34. The molecule has 0 saturated carbocycles. The van der Waals surface area contributed by atoms with Gasteiger partial charge in [-0.25, -0.2) is 0 Å². The number of hydrogen-bond donors (Lipinski definition) is 0. The van der Waals surface area contributed by atoms with Crippen LogP contribution in [0.1, 0.15) is 5.56 Å². The lowest BCUT2D eigenvalue weighted by Gasteiger charge is -2.26. The van der Waals surface area contributed by atoms with Crippen molar-refractivity contribution in [3.05, 3.63) is 28.2 Å². The van der Waals surface area contributed by atoms with Crippen LogP contribution in [-0.4, -0.2) is 44.9 Å². The van der Waals surface area contributed by atoms with E-state index in [0.717, 1.165) is 49.5 Å². The van der Waals surface area contributed by atoms with Gasteiger partial charge in [0.2, 0.25) is 0 Å². The van der Waals surface area contributed by atoms with E-state index in [0.29, 0.717) is 0 Å². The highest BCUT2D eigenvalue weighted by molar-refractivity contribution is 9.10. The SMILES string of the molecule is COc1ccc(CCN2CCOCC2)cc1Br. The summed E-state index contributed by atoms with van der Waals surface area (Å²) in [4.78, 5) is 2.45. The molecule has 17 heavy (non-hydrogen) atoms. The van der Waals surface area contributed by atoms with Gasteiger partial charge in [0.1, 0.15) is 5.75 Å². The average molecular weight is 300 g/mol. The van der Waals surface area contributed by atoms with Crippen molar-refractivity contribution >= 4 is 15.9 Å². The van der Waals surface area contributed by atoms with Gasteiger partial charge in [0.15, 0.2) is 0 Å². The fourth-order valence-electron chi connectivity index (χ4n) is 1.98. The Labute approximate surface area is 111 Å². The van der Waals surface area contributed by atoms with Crippen molar-refractivity contribution in [2.75, 3.05) is 40.0 Å². The lowest BCUT2D eigenvalue weighted by atomic mass is 10.1. The molecular weight excluding hydrogens is 282 g/mol. The summed E-state index contributed by atoms with van der Waals surface area (Å²) in [6.07, 6.45) is 1.07. The molecule has 1 heterocycles. The Morgan fingerprint density at radius 3 is 2.76 bits per heavy atom. The van der Waals surface area contributed by atoms with Gasteiger partial charge in [-0.15, -0.1) is 0 Å². The Hall–Kier alpha value is -0.580. The molecule has 0 atom stereocenters. The van der Waals surface area contributed by atoms with Crippen LogP contribution in [-0.2, 0) is 11.2 Å². The number of morpholine rings is 1. The van der Waals surface area contributed by atoms with Gasteiger partial charge in [-0.2, -0.15) is 0 Å². The summed E-state index contributed by atoms with van der Waals surface area (Å²) >= 11 is 3.51. The number of ether oxygens (including phenoxy) is 2. The first kappa shape index (κ1) is 12.9. The van der Waals surface area contributed by atoms with E-state index in [2.05, 4.69) is 33.0 Å². The summed E-state index contributed by atoms with van der Waals surface area (Å²) in [6, 6.07) is 6.28. The average Bonchev–Trinajstić information content (AvgIpc) is 2.38. The Morgan fingerprint density at radius 2 is 2.12 bits per heavy atom. The van der Waals surface area contributed by atoms with E-state index in [-0.39, 0.29) is 0 Å². The van der Waals surface area contributed by atoms with E-state index in [9.17, 15) is 0 Å². The van der Waals surface area contributed by atoms with E-state index in [1.165, 1.54) is 5.56 Å². The Morgan fingerprint density at radius 1 is 1.35 bits per heavy atom. The van der Waals surface area contributed by atoms with Crippen LogP contribution in [0.5, 0.6) is 5.75 Å². The van der Waals surface area contributed by atoms with Crippen molar-refractivity contribution in [1.29, 1.82) is 0 Å². The van der Waals surface area contributed by atoms with Crippen LogP contribution in [0.25, 0.3) is 0 Å². The van der Waals surface area contributed by atoms with Crippen molar-refractivity contribution in [1.82, 2.24) is 4.90 Å². The maximum absolute atomic E-state index is 5.34. The van der Waals surface area contributed by atoms with Crippen LogP contribution in [0.15, 0.2) is 22.7 Å². The van der Waals surface area contributed by atoms with E-state index in [1.54, 1.807) is 7.11 Å². The highest BCUT2D eigenvalue weighted by atomic mass is 79.9. The van der Waals surface area contributed by atoms with Gasteiger partial charge in [0, 0.05) is 19.6 Å². The first-order chi connectivity index (χ1) is 8.29. The second kappa shape index (κ2) is 6.38. The molecule has 1 aromatic rings. The summed E-state index contributed by atoms with van der Waals surface area (Å²) < 4.78 is 11.6. The molecule has 1 saturated heterocycles. The van der Waals surface area contributed by atoms with Crippen LogP contribution in [0, 0.1) is 0 Å². The number of benzene rings is 1. The largest absolute Gasteiger partial charge is 0.496 e. The third kappa shape index (κ3) is 3.69. The molecule has 1 aliphatic heterocycles. The number of nitrogens with zero attached hydrogens (tertiary/aromatic N) is 1.